The fraction of sp³-hybridized carbons (Fsp3) is 0.273. The van der Waals surface area contributed by atoms with E-state index in [1.165, 1.54) is 12.1 Å². The maximum absolute atomic E-state index is 13.4. The van der Waals surface area contributed by atoms with Gasteiger partial charge >= 0.3 is 35.7 Å². The molecular weight excluding hydrogens is 400 g/mol. The smallest absolute Gasteiger partial charge is 1.00 e. The number of nitrogens with one attached hydrogen (secondary N) is 1. The van der Waals surface area contributed by atoms with Crippen LogP contribution in [0, 0.1) is 0 Å². The maximum Gasteiger partial charge on any atom is 1.00 e. The Bertz CT molecular complexity index is 1210. The van der Waals surface area contributed by atoms with Gasteiger partial charge in [-0.05, 0) is 35.4 Å². The molecule has 2 heterocycles. The minimum absolute atomic E-state index is 0. The van der Waals surface area contributed by atoms with Crippen molar-refractivity contribution in [2.75, 3.05) is 0 Å². The van der Waals surface area contributed by atoms with Gasteiger partial charge < -0.3 is 6.41 Å². The monoisotopic (exact) mass is 422 g/mol. The number of fused-ring (bicyclic) bond motifs is 1. The number of aromatic nitrogens is 4. The van der Waals surface area contributed by atoms with Gasteiger partial charge in [-0.2, -0.15) is 18.3 Å². The van der Waals surface area contributed by atoms with Gasteiger partial charge in [0.1, 0.15) is 5.69 Å². The number of imidazole rings is 1. The number of hydrogen-bond acceptors (Lipinski definition) is 2. The van der Waals surface area contributed by atoms with Crippen molar-refractivity contribution >= 4 is 11.0 Å². The first-order valence-corrected chi connectivity index (χ1v) is 9.25. The average Bonchev–Trinajstić information content (AvgIpc) is 3.23. The van der Waals surface area contributed by atoms with Crippen molar-refractivity contribution < 1.29 is 44.2 Å². The zero-order valence-corrected chi connectivity index (χ0v) is 19.6. The zero-order valence-electron chi connectivity index (χ0n) is 18.6. The average molecular weight is 422 g/mol. The number of H-pyrrole nitrogens is 1. The van der Waals surface area contributed by atoms with Crippen LogP contribution in [0.3, 0.4) is 0 Å². The number of benzene rings is 2. The molecule has 30 heavy (non-hydrogen) atoms. The Labute approximate surface area is 196 Å². The minimum atomic E-state index is -4.41. The molecule has 8 heteroatoms. The van der Waals surface area contributed by atoms with Crippen molar-refractivity contribution in [2.24, 2.45) is 7.05 Å². The predicted molar refractivity (Wildman–Crippen MR) is 109 cm³/mol. The number of halogens is 3. The third kappa shape index (κ3) is 4.19. The van der Waals surface area contributed by atoms with E-state index in [0.717, 1.165) is 17.5 Å². The Morgan fingerprint density at radius 2 is 1.70 bits per heavy atom. The van der Waals surface area contributed by atoms with Crippen molar-refractivity contribution in [3.8, 4) is 22.6 Å². The van der Waals surface area contributed by atoms with Gasteiger partial charge in [0, 0.05) is 12.5 Å². The van der Waals surface area contributed by atoms with E-state index in [1.807, 2.05) is 13.1 Å². The summed E-state index contributed by atoms with van der Waals surface area (Å²) in [6.07, 6.45) is -4.41. The van der Waals surface area contributed by atoms with Crippen LogP contribution in [0.2, 0.25) is 0 Å². The summed E-state index contributed by atoms with van der Waals surface area (Å²) in [6.45, 7) is 6.26. The van der Waals surface area contributed by atoms with Crippen LogP contribution < -0.4 is 29.6 Å². The van der Waals surface area contributed by atoms with E-state index in [4.69, 9.17) is 0 Å². The minimum Gasteiger partial charge on any atom is -1.00 e. The van der Waals surface area contributed by atoms with E-state index >= 15 is 0 Å². The first-order chi connectivity index (χ1) is 13.5. The third-order valence-electron chi connectivity index (χ3n) is 4.92. The van der Waals surface area contributed by atoms with Crippen molar-refractivity contribution in [3.05, 3.63) is 59.8 Å². The largest absolute Gasteiger partial charge is 1.00 e. The molecule has 0 aliphatic heterocycles. The summed E-state index contributed by atoms with van der Waals surface area (Å²) in [4.78, 5) is 7.84. The molecule has 2 aromatic carbocycles. The molecule has 1 N–H and O–H groups in total. The molecule has 0 saturated carbocycles. The van der Waals surface area contributed by atoms with E-state index < -0.39 is 11.7 Å². The molecule has 0 atom stereocenters. The van der Waals surface area contributed by atoms with Crippen molar-refractivity contribution in [2.45, 2.75) is 32.4 Å². The molecule has 0 saturated heterocycles. The molecule has 0 aliphatic rings. The van der Waals surface area contributed by atoms with Crippen LogP contribution in [-0.4, -0.2) is 19.7 Å². The van der Waals surface area contributed by atoms with Crippen molar-refractivity contribution in [3.63, 3.8) is 0 Å². The number of alkyl halides is 3. The van der Waals surface area contributed by atoms with Crippen LogP contribution in [0.15, 0.2) is 48.5 Å². The molecule has 0 spiro atoms. The Hall–Kier alpha value is -2.09. The van der Waals surface area contributed by atoms with Crippen LogP contribution in [0.25, 0.3) is 33.7 Å². The van der Waals surface area contributed by atoms with Gasteiger partial charge in [-0.3, -0.25) is 4.68 Å². The van der Waals surface area contributed by atoms with Crippen molar-refractivity contribution in [1.82, 2.24) is 19.7 Å². The van der Waals surface area contributed by atoms with Gasteiger partial charge in [0.15, 0.2) is 5.82 Å². The summed E-state index contributed by atoms with van der Waals surface area (Å²) >= 11 is 0. The molecule has 4 nitrogen and oxygen atoms in total. The van der Waals surface area contributed by atoms with Gasteiger partial charge in [-0.25, -0.2) is 4.98 Å². The number of aromatic amines is 1. The molecule has 152 valence electrons. The zero-order chi connectivity index (χ0) is 21.0. The predicted octanol–water partition coefficient (Wildman–Crippen LogP) is 3.06. The third-order valence-corrected chi connectivity index (χ3v) is 4.92. The van der Waals surface area contributed by atoms with Crippen LogP contribution >= 0.6 is 0 Å². The first kappa shape index (κ1) is 22.6. The summed E-state index contributed by atoms with van der Waals surface area (Å²) in [6, 6.07) is 12.7. The molecule has 4 rings (SSSR count). The number of aryl methyl sites for hydroxylation is 1. The van der Waals surface area contributed by atoms with Gasteiger partial charge in [0.05, 0.1) is 22.3 Å². The van der Waals surface area contributed by atoms with Crippen molar-refractivity contribution in [1.29, 1.82) is 0 Å². The van der Waals surface area contributed by atoms with E-state index in [2.05, 4.69) is 35.8 Å². The quantitative estimate of drug-likeness (QED) is 0.505. The van der Waals surface area contributed by atoms with Gasteiger partial charge in [-0.15, -0.1) is 0 Å². The topological polar surface area (TPSA) is 46.5 Å². The van der Waals surface area contributed by atoms with E-state index in [-0.39, 0.29) is 42.0 Å². The molecule has 0 fully saturated rings. The molecule has 0 radical (unpaired) electrons. The Morgan fingerprint density at radius 1 is 1.00 bits per heavy atom. The molecule has 4 aromatic rings. The molecule has 0 unspecified atom stereocenters. The molecule has 0 amide bonds. The van der Waals surface area contributed by atoms with Crippen LogP contribution in [0.1, 0.15) is 33.5 Å². The summed E-state index contributed by atoms with van der Waals surface area (Å²) in [5.74, 6) is 0.631. The fourth-order valence-corrected chi connectivity index (χ4v) is 3.34. The fourth-order valence-electron chi connectivity index (χ4n) is 3.34. The first-order valence-electron chi connectivity index (χ1n) is 9.25. The van der Waals surface area contributed by atoms with Gasteiger partial charge in [0.2, 0.25) is 0 Å². The Balaban J connectivity index is 0.00000171. The second kappa shape index (κ2) is 7.87. The van der Waals surface area contributed by atoms with E-state index in [0.29, 0.717) is 22.4 Å². The second-order valence-electron chi connectivity index (χ2n) is 8.15. The molecular formula is C22H22F3N4Na. The van der Waals surface area contributed by atoms with Gasteiger partial charge in [0.25, 0.3) is 0 Å². The molecule has 0 bridgehead atoms. The number of hydrogen-bond donors (Lipinski definition) is 1. The normalized spacial score (nSPS) is 12.2. The number of nitrogens with zero attached hydrogens (tertiary/aromatic N) is 3. The maximum atomic E-state index is 13.4. The van der Waals surface area contributed by atoms with Gasteiger partial charge in [-0.1, -0.05) is 45.0 Å². The Morgan fingerprint density at radius 3 is 2.33 bits per heavy atom. The van der Waals surface area contributed by atoms with E-state index in [1.54, 1.807) is 28.9 Å². The second-order valence-corrected chi connectivity index (χ2v) is 8.15. The van der Waals surface area contributed by atoms with Crippen LogP contribution in [0.4, 0.5) is 13.2 Å². The Kier molecular flexibility index (Phi) is 5.93. The number of rotatable bonds is 2. The standard InChI is InChI=1S/C22H21F3N4.Na.H/c1-21(2,3)19-12-18(29(4)28-19)20-26-16-10-9-13(11-17(16)27-20)14-7-5-6-8-15(14)22(23,24)25;;/h5-12H,1-4H3,(H,26,27);;/q;+1;-1. The van der Waals surface area contributed by atoms with Crippen LogP contribution in [-0.2, 0) is 18.6 Å². The summed E-state index contributed by atoms with van der Waals surface area (Å²) in [5.41, 5.74) is 3.00. The molecule has 0 aliphatic carbocycles. The van der Waals surface area contributed by atoms with E-state index in [9.17, 15) is 13.2 Å². The SMILES string of the molecule is Cn1nc(C(C)(C)C)cc1-c1nc2ccc(-c3ccccc3C(F)(F)F)cc2[nH]1.[H-].[Na+]. The van der Waals surface area contributed by atoms with Crippen LogP contribution in [0.5, 0.6) is 0 Å². The summed E-state index contributed by atoms with van der Waals surface area (Å²) in [7, 11) is 1.85. The summed E-state index contributed by atoms with van der Waals surface area (Å²) in [5, 5.41) is 4.56. The summed E-state index contributed by atoms with van der Waals surface area (Å²) < 4.78 is 41.9. The molecule has 2 aromatic heterocycles.